The molecule has 0 saturated heterocycles. The first-order valence-electron chi connectivity index (χ1n) is 7.56. The summed E-state index contributed by atoms with van der Waals surface area (Å²) in [4.78, 5) is 4.22. The molecule has 24 heavy (non-hydrogen) atoms. The molecule has 1 aliphatic carbocycles. The minimum Gasteiger partial charge on any atom is -0.396 e. The zero-order valence-corrected chi connectivity index (χ0v) is 13.0. The van der Waals surface area contributed by atoms with Gasteiger partial charge in [-0.15, -0.1) is 0 Å². The average Bonchev–Trinajstić information content (AvgIpc) is 2.52. The maximum atomic E-state index is 14.1. The highest BCUT2D eigenvalue weighted by molar-refractivity contribution is 5.85. The zero-order chi connectivity index (χ0) is 17.5. The van der Waals surface area contributed by atoms with Gasteiger partial charge in [-0.05, 0) is 43.2 Å². The summed E-state index contributed by atoms with van der Waals surface area (Å²) in [5.74, 6) is -3.96. The van der Waals surface area contributed by atoms with E-state index in [1.54, 1.807) is 13.0 Å². The molecule has 3 rings (SSSR count). The minimum absolute atomic E-state index is 0.0424. The van der Waals surface area contributed by atoms with Crippen LogP contribution in [0.15, 0.2) is 30.3 Å². The molecule has 1 aromatic carbocycles. The number of aromatic nitrogens is 1. The summed E-state index contributed by atoms with van der Waals surface area (Å²) >= 11 is 0. The first-order chi connectivity index (χ1) is 11.3. The summed E-state index contributed by atoms with van der Waals surface area (Å²) in [6.45, 7) is 1.70. The number of hydrogen-bond acceptors (Lipinski definition) is 2. The quantitative estimate of drug-likeness (QED) is 0.773. The fourth-order valence-corrected chi connectivity index (χ4v) is 2.87. The summed E-state index contributed by atoms with van der Waals surface area (Å²) in [6, 6.07) is 4.73. The molecule has 0 amide bonds. The molecule has 6 heteroatoms. The highest BCUT2D eigenvalue weighted by atomic mass is 19.3. The van der Waals surface area contributed by atoms with Crippen LogP contribution in [0.3, 0.4) is 0 Å². The molecule has 1 aliphatic rings. The number of nitrogens with zero attached hydrogens (tertiary/aromatic N) is 1. The maximum Gasteiger partial charge on any atom is 0.251 e. The second-order valence-corrected chi connectivity index (χ2v) is 5.99. The SMILES string of the molecule is Cc1cc(C2=CCC(F)(F)CC2)c(N)c(-c2cc(F)ccc2F)n1. The third-order valence-electron chi connectivity index (χ3n) is 4.12. The first kappa shape index (κ1) is 16.5. The van der Waals surface area contributed by atoms with Crippen LogP contribution < -0.4 is 5.73 Å². The van der Waals surface area contributed by atoms with Crippen molar-refractivity contribution in [3.8, 4) is 11.3 Å². The number of halogens is 4. The number of hydrogen-bond donors (Lipinski definition) is 1. The van der Waals surface area contributed by atoms with Gasteiger partial charge in [-0.1, -0.05) is 6.08 Å². The molecule has 0 saturated carbocycles. The molecule has 0 radical (unpaired) electrons. The van der Waals surface area contributed by atoms with Gasteiger partial charge in [-0.25, -0.2) is 17.6 Å². The largest absolute Gasteiger partial charge is 0.396 e. The van der Waals surface area contributed by atoms with E-state index in [1.165, 1.54) is 6.08 Å². The fraction of sp³-hybridized carbons (Fsp3) is 0.278. The lowest BCUT2D eigenvalue weighted by Crippen LogP contribution is -2.18. The van der Waals surface area contributed by atoms with Gasteiger partial charge >= 0.3 is 0 Å². The van der Waals surface area contributed by atoms with Crippen LogP contribution in [0.25, 0.3) is 16.8 Å². The fourth-order valence-electron chi connectivity index (χ4n) is 2.87. The van der Waals surface area contributed by atoms with Gasteiger partial charge in [0.15, 0.2) is 0 Å². The Labute approximate surface area is 137 Å². The third-order valence-corrected chi connectivity index (χ3v) is 4.12. The molecule has 126 valence electrons. The van der Waals surface area contributed by atoms with Crippen LogP contribution in [-0.4, -0.2) is 10.9 Å². The number of aryl methyl sites for hydroxylation is 1. The molecular weight excluding hydrogens is 320 g/mol. The van der Waals surface area contributed by atoms with Crippen molar-refractivity contribution in [3.05, 3.63) is 53.2 Å². The Morgan fingerprint density at radius 2 is 1.88 bits per heavy atom. The standard InChI is InChI=1S/C18H16F4N2/c1-10-8-13(11-4-6-18(21,22)7-5-11)16(23)17(24-10)14-9-12(19)2-3-15(14)20/h2-4,8-9H,5-7,23H2,1H3. The van der Waals surface area contributed by atoms with Gasteiger partial charge in [0.2, 0.25) is 0 Å². The second kappa shape index (κ2) is 5.92. The smallest absolute Gasteiger partial charge is 0.251 e. The number of anilines is 1. The van der Waals surface area contributed by atoms with Crippen LogP contribution >= 0.6 is 0 Å². The molecule has 1 aromatic heterocycles. The number of allylic oxidation sites excluding steroid dienone is 2. The molecule has 0 spiro atoms. The summed E-state index contributed by atoms with van der Waals surface area (Å²) in [6.07, 6.45) is 1.02. The molecule has 2 nitrogen and oxygen atoms in total. The van der Waals surface area contributed by atoms with E-state index in [1.807, 2.05) is 0 Å². The maximum absolute atomic E-state index is 14.1. The van der Waals surface area contributed by atoms with Crippen LogP contribution in [0.2, 0.25) is 0 Å². The number of nitrogens with two attached hydrogens (primary N) is 1. The normalized spacial score (nSPS) is 16.8. The van der Waals surface area contributed by atoms with E-state index in [4.69, 9.17) is 5.73 Å². The van der Waals surface area contributed by atoms with Gasteiger partial charge in [-0.2, -0.15) is 0 Å². The van der Waals surface area contributed by atoms with E-state index < -0.39 is 17.6 Å². The van der Waals surface area contributed by atoms with E-state index in [2.05, 4.69) is 4.98 Å². The van der Waals surface area contributed by atoms with Crippen LogP contribution in [0.5, 0.6) is 0 Å². The van der Waals surface area contributed by atoms with Gasteiger partial charge in [0.05, 0.1) is 11.4 Å². The van der Waals surface area contributed by atoms with Crippen LogP contribution in [-0.2, 0) is 0 Å². The molecule has 2 N–H and O–H groups in total. The van der Waals surface area contributed by atoms with Crippen molar-refractivity contribution in [2.45, 2.75) is 32.1 Å². The van der Waals surface area contributed by atoms with Crippen molar-refractivity contribution in [2.24, 2.45) is 0 Å². The highest BCUT2D eigenvalue weighted by Crippen LogP contribution is 2.40. The Morgan fingerprint density at radius 3 is 2.54 bits per heavy atom. The lowest BCUT2D eigenvalue weighted by Gasteiger charge is -2.23. The van der Waals surface area contributed by atoms with Crippen molar-refractivity contribution in [3.63, 3.8) is 0 Å². The van der Waals surface area contributed by atoms with Crippen molar-refractivity contribution < 1.29 is 17.6 Å². The summed E-state index contributed by atoms with van der Waals surface area (Å²) in [5.41, 5.74) is 8.16. The van der Waals surface area contributed by atoms with E-state index in [0.717, 1.165) is 18.2 Å². The Bertz CT molecular complexity index is 828. The number of nitrogen functional groups attached to an aromatic ring is 1. The van der Waals surface area contributed by atoms with Crippen LogP contribution in [0.4, 0.5) is 23.2 Å². The number of pyridine rings is 1. The van der Waals surface area contributed by atoms with Crippen LogP contribution in [0, 0.1) is 18.6 Å². The molecule has 0 atom stereocenters. The molecule has 2 aromatic rings. The minimum atomic E-state index is -2.71. The predicted molar refractivity (Wildman–Crippen MR) is 85.5 cm³/mol. The van der Waals surface area contributed by atoms with E-state index in [9.17, 15) is 17.6 Å². The van der Waals surface area contributed by atoms with Crippen molar-refractivity contribution in [2.75, 3.05) is 5.73 Å². The van der Waals surface area contributed by atoms with Gasteiger partial charge in [0.1, 0.15) is 11.6 Å². The van der Waals surface area contributed by atoms with Crippen molar-refractivity contribution >= 4 is 11.3 Å². The lowest BCUT2D eigenvalue weighted by molar-refractivity contribution is -0.00602. The molecule has 0 aliphatic heterocycles. The molecule has 0 fully saturated rings. The summed E-state index contributed by atoms with van der Waals surface area (Å²) < 4.78 is 54.2. The first-order valence-corrected chi connectivity index (χ1v) is 7.56. The monoisotopic (exact) mass is 336 g/mol. The Hall–Kier alpha value is -2.37. The topological polar surface area (TPSA) is 38.9 Å². The average molecular weight is 336 g/mol. The zero-order valence-electron chi connectivity index (χ0n) is 13.0. The van der Waals surface area contributed by atoms with Gasteiger partial charge in [0.25, 0.3) is 5.92 Å². The summed E-state index contributed by atoms with van der Waals surface area (Å²) in [5, 5.41) is 0. The lowest BCUT2D eigenvalue weighted by atomic mass is 9.89. The Morgan fingerprint density at radius 1 is 1.12 bits per heavy atom. The molecular formula is C18H16F4N2. The van der Waals surface area contributed by atoms with Crippen molar-refractivity contribution in [1.29, 1.82) is 0 Å². The number of alkyl halides is 2. The molecule has 1 heterocycles. The van der Waals surface area contributed by atoms with E-state index >= 15 is 0 Å². The van der Waals surface area contributed by atoms with Gasteiger partial charge < -0.3 is 5.73 Å². The van der Waals surface area contributed by atoms with E-state index in [-0.39, 0.29) is 36.2 Å². The highest BCUT2D eigenvalue weighted by Gasteiger charge is 2.31. The Balaban J connectivity index is 2.13. The number of rotatable bonds is 2. The second-order valence-electron chi connectivity index (χ2n) is 5.99. The van der Waals surface area contributed by atoms with Crippen molar-refractivity contribution in [1.82, 2.24) is 4.98 Å². The summed E-state index contributed by atoms with van der Waals surface area (Å²) in [7, 11) is 0. The van der Waals surface area contributed by atoms with E-state index in [0.29, 0.717) is 16.8 Å². The predicted octanol–water partition coefficient (Wildman–Crippen LogP) is 5.12. The molecule has 0 unspecified atom stereocenters. The van der Waals surface area contributed by atoms with Gasteiger partial charge in [0, 0.05) is 29.7 Å². The van der Waals surface area contributed by atoms with Gasteiger partial charge in [-0.3, -0.25) is 4.98 Å². The molecule has 0 bridgehead atoms. The van der Waals surface area contributed by atoms with Crippen LogP contribution in [0.1, 0.15) is 30.5 Å². The number of benzene rings is 1. The Kier molecular flexibility index (Phi) is 4.07. The third kappa shape index (κ3) is 3.13.